The zero-order valence-corrected chi connectivity index (χ0v) is 11.0. The van der Waals surface area contributed by atoms with Gasteiger partial charge in [-0.25, -0.2) is 4.79 Å². The van der Waals surface area contributed by atoms with Crippen LogP contribution in [-0.2, 0) is 9.63 Å². The lowest BCUT2D eigenvalue weighted by atomic mass is 10.1. The molecule has 0 aromatic heterocycles. The van der Waals surface area contributed by atoms with Gasteiger partial charge in [0, 0.05) is 18.5 Å². The number of carboxylic acid groups (broad SMARTS) is 1. The molecule has 0 unspecified atom stereocenters. The van der Waals surface area contributed by atoms with Crippen LogP contribution >= 0.6 is 0 Å². The molecule has 0 aliphatic carbocycles. The van der Waals surface area contributed by atoms with E-state index in [0.29, 0.717) is 24.2 Å². The Morgan fingerprint density at radius 1 is 1.37 bits per heavy atom. The number of benzene rings is 1. The molecule has 19 heavy (non-hydrogen) atoms. The van der Waals surface area contributed by atoms with Crippen LogP contribution in [-0.4, -0.2) is 54.0 Å². The molecule has 0 saturated carbocycles. The Bertz CT molecular complexity index is 458. The zero-order chi connectivity index (χ0) is 14.3. The van der Waals surface area contributed by atoms with Crippen LogP contribution in [0.4, 0.5) is 0 Å². The number of hydrogen-bond donors (Lipinski definition) is 2. The molecular formula is C13H18N2O4. The van der Waals surface area contributed by atoms with Crippen LogP contribution in [0, 0.1) is 0 Å². The summed E-state index contributed by atoms with van der Waals surface area (Å²) >= 11 is 0. The second-order valence-corrected chi connectivity index (χ2v) is 4.28. The van der Waals surface area contributed by atoms with Gasteiger partial charge in [-0.05, 0) is 26.2 Å². The van der Waals surface area contributed by atoms with Crippen molar-refractivity contribution in [3.8, 4) is 5.75 Å². The minimum Gasteiger partial charge on any atom is -0.507 e. The number of para-hydroxylation sites is 1. The third-order valence-corrected chi connectivity index (χ3v) is 2.37. The van der Waals surface area contributed by atoms with E-state index in [1.54, 1.807) is 24.3 Å². The summed E-state index contributed by atoms with van der Waals surface area (Å²) in [5.74, 6) is -0.994. The van der Waals surface area contributed by atoms with Gasteiger partial charge in [-0.3, -0.25) is 0 Å². The van der Waals surface area contributed by atoms with Crippen LogP contribution in [0.15, 0.2) is 29.4 Å². The molecule has 1 rings (SSSR count). The van der Waals surface area contributed by atoms with Crippen molar-refractivity contribution >= 4 is 11.7 Å². The van der Waals surface area contributed by atoms with Crippen molar-refractivity contribution in [2.75, 3.05) is 27.2 Å². The van der Waals surface area contributed by atoms with Crippen molar-refractivity contribution in [1.29, 1.82) is 0 Å². The minimum atomic E-state index is -1.09. The van der Waals surface area contributed by atoms with Crippen molar-refractivity contribution in [2.24, 2.45) is 5.16 Å². The third-order valence-electron chi connectivity index (χ3n) is 2.37. The summed E-state index contributed by atoms with van der Waals surface area (Å²) in [5.41, 5.74) is 1.07. The molecule has 104 valence electrons. The predicted octanol–water partition coefficient (Wildman–Crippen LogP) is 1.15. The van der Waals surface area contributed by atoms with E-state index in [2.05, 4.69) is 5.16 Å². The number of nitrogens with zero attached hydrogens (tertiary/aromatic N) is 2. The molecule has 0 amide bonds. The van der Waals surface area contributed by atoms with Crippen molar-refractivity contribution < 1.29 is 19.8 Å². The van der Waals surface area contributed by atoms with Gasteiger partial charge >= 0.3 is 5.97 Å². The van der Waals surface area contributed by atoms with Crippen molar-refractivity contribution in [1.82, 2.24) is 4.90 Å². The van der Waals surface area contributed by atoms with E-state index >= 15 is 0 Å². The summed E-state index contributed by atoms with van der Waals surface area (Å²) in [7, 11) is 3.83. The molecule has 6 nitrogen and oxygen atoms in total. The Kier molecular flexibility index (Phi) is 5.81. The number of phenolic OH excluding ortho intramolecular Hbond substituents is 1. The van der Waals surface area contributed by atoms with E-state index in [4.69, 9.17) is 9.94 Å². The van der Waals surface area contributed by atoms with E-state index in [9.17, 15) is 9.90 Å². The molecular weight excluding hydrogens is 248 g/mol. The number of oxime groups is 1. The highest BCUT2D eigenvalue weighted by Gasteiger charge is 2.10. The summed E-state index contributed by atoms with van der Waals surface area (Å²) < 4.78 is 0. The Morgan fingerprint density at radius 3 is 2.63 bits per heavy atom. The molecule has 0 aliphatic rings. The Morgan fingerprint density at radius 2 is 2.05 bits per heavy atom. The molecule has 1 aromatic carbocycles. The standard InChI is InChI=1S/C13H18N2O4/c1-15(2)8-7-11(14-19-9-13(17)18)10-5-3-4-6-12(10)16/h3-6,16H,7-9H2,1-2H3,(H,17,18)/b14-11+. The summed E-state index contributed by atoms with van der Waals surface area (Å²) in [6.07, 6.45) is 0.546. The fourth-order valence-electron chi connectivity index (χ4n) is 1.44. The molecule has 0 atom stereocenters. The Balaban J connectivity index is 2.85. The first kappa shape index (κ1) is 15.0. The highest BCUT2D eigenvalue weighted by molar-refractivity contribution is 6.02. The van der Waals surface area contributed by atoms with Gasteiger partial charge in [0.2, 0.25) is 6.61 Å². The fourth-order valence-corrected chi connectivity index (χ4v) is 1.44. The third kappa shape index (κ3) is 5.39. The second kappa shape index (κ2) is 7.38. The lowest BCUT2D eigenvalue weighted by Crippen LogP contribution is -2.18. The molecule has 0 heterocycles. The first-order chi connectivity index (χ1) is 9.00. The van der Waals surface area contributed by atoms with Crippen molar-refractivity contribution in [2.45, 2.75) is 6.42 Å². The van der Waals surface area contributed by atoms with Gasteiger partial charge in [-0.2, -0.15) is 0 Å². The van der Waals surface area contributed by atoms with E-state index in [-0.39, 0.29) is 5.75 Å². The summed E-state index contributed by atoms with van der Waals surface area (Å²) in [4.78, 5) is 17.1. The SMILES string of the molecule is CN(C)CC/C(=N\OCC(=O)O)c1ccccc1O. The number of aromatic hydroxyl groups is 1. The molecule has 0 fully saturated rings. The molecule has 0 bridgehead atoms. The summed E-state index contributed by atoms with van der Waals surface area (Å²) in [6.45, 7) is 0.211. The van der Waals surface area contributed by atoms with Crippen LogP contribution < -0.4 is 0 Å². The number of phenols is 1. The zero-order valence-electron chi connectivity index (χ0n) is 11.0. The van der Waals surface area contributed by atoms with Gasteiger partial charge in [-0.15, -0.1) is 0 Å². The van der Waals surface area contributed by atoms with Crippen LogP contribution in [0.1, 0.15) is 12.0 Å². The largest absolute Gasteiger partial charge is 0.507 e. The van der Waals surface area contributed by atoms with E-state index in [1.165, 1.54) is 0 Å². The fraction of sp³-hybridized carbons (Fsp3) is 0.385. The van der Waals surface area contributed by atoms with Gasteiger partial charge < -0.3 is 20.0 Å². The summed E-state index contributed by atoms with van der Waals surface area (Å²) in [6, 6.07) is 6.75. The second-order valence-electron chi connectivity index (χ2n) is 4.28. The first-order valence-electron chi connectivity index (χ1n) is 5.84. The van der Waals surface area contributed by atoms with Gasteiger partial charge in [0.25, 0.3) is 0 Å². The highest BCUT2D eigenvalue weighted by Crippen LogP contribution is 2.18. The van der Waals surface area contributed by atoms with E-state index < -0.39 is 12.6 Å². The number of hydrogen-bond acceptors (Lipinski definition) is 5. The first-order valence-corrected chi connectivity index (χ1v) is 5.84. The van der Waals surface area contributed by atoms with E-state index in [1.807, 2.05) is 19.0 Å². The Labute approximate surface area is 111 Å². The Hall–Kier alpha value is -2.08. The molecule has 0 aliphatic heterocycles. The molecule has 6 heteroatoms. The van der Waals surface area contributed by atoms with Gasteiger partial charge in [0.05, 0.1) is 5.71 Å². The molecule has 0 radical (unpaired) electrons. The number of rotatable bonds is 7. The van der Waals surface area contributed by atoms with Crippen LogP contribution in [0.2, 0.25) is 0 Å². The normalized spacial score (nSPS) is 11.6. The van der Waals surface area contributed by atoms with Gasteiger partial charge in [0.15, 0.2) is 0 Å². The van der Waals surface area contributed by atoms with Crippen molar-refractivity contribution in [3.63, 3.8) is 0 Å². The average molecular weight is 266 g/mol. The minimum absolute atomic E-state index is 0.0962. The number of carbonyl (C=O) groups is 1. The van der Waals surface area contributed by atoms with Gasteiger partial charge in [0.1, 0.15) is 5.75 Å². The molecule has 2 N–H and O–H groups in total. The van der Waals surface area contributed by atoms with Crippen molar-refractivity contribution in [3.05, 3.63) is 29.8 Å². The van der Waals surface area contributed by atoms with E-state index in [0.717, 1.165) is 0 Å². The highest BCUT2D eigenvalue weighted by atomic mass is 16.6. The maximum Gasteiger partial charge on any atom is 0.344 e. The van der Waals surface area contributed by atoms with Gasteiger partial charge in [-0.1, -0.05) is 17.3 Å². The molecule has 0 saturated heterocycles. The van der Waals surface area contributed by atoms with Crippen LogP contribution in [0.5, 0.6) is 5.75 Å². The number of carboxylic acids is 1. The topological polar surface area (TPSA) is 82.4 Å². The monoisotopic (exact) mass is 266 g/mol. The lowest BCUT2D eigenvalue weighted by molar-refractivity contribution is -0.142. The quantitative estimate of drug-likeness (QED) is 0.571. The maximum atomic E-state index is 10.4. The smallest absolute Gasteiger partial charge is 0.344 e. The van der Waals surface area contributed by atoms with Crippen LogP contribution in [0.25, 0.3) is 0 Å². The number of aliphatic carboxylic acids is 1. The maximum absolute atomic E-state index is 10.4. The molecule has 0 spiro atoms. The predicted molar refractivity (Wildman–Crippen MR) is 71.4 cm³/mol. The molecule has 1 aromatic rings. The average Bonchev–Trinajstić information content (AvgIpc) is 2.34. The summed E-state index contributed by atoms with van der Waals surface area (Å²) in [5, 5.41) is 22.1. The lowest BCUT2D eigenvalue weighted by Gasteiger charge is -2.12. The van der Waals surface area contributed by atoms with Crippen LogP contribution in [0.3, 0.4) is 0 Å².